The molecule has 0 aliphatic heterocycles. The molecule has 0 nitrogen and oxygen atoms in total. The molecule has 0 saturated carbocycles. The van der Waals surface area contributed by atoms with Crippen LogP contribution < -0.4 is 0 Å². The summed E-state index contributed by atoms with van der Waals surface area (Å²) in [6.45, 7) is 16.9. The summed E-state index contributed by atoms with van der Waals surface area (Å²) in [6, 6.07) is 0. The third-order valence-corrected chi connectivity index (χ3v) is 5.23. The highest BCUT2D eigenvalue weighted by atomic mass is 14.3. The van der Waals surface area contributed by atoms with Crippen LogP contribution in [0.3, 0.4) is 0 Å². The lowest BCUT2D eigenvalue weighted by atomic mass is 9.73. The maximum Gasteiger partial charge on any atom is -0.0365 e. The van der Waals surface area contributed by atoms with Gasteiger partial charge in [-0.25, -0.2) is 0 Å². The first kappa shape index (κ1) is 19.0. The third-order valence-electron chi connectivity index (χ3n) is 5.23. The van der Waals surface area contributed by atoms with Gasteiger partial charge >= 0.3 is 0 Å². The fourth-order valence-corrected chi connectivity index (χ4v) is 3.82. The van der Waals surface area contributed by atoms with E-state index in [-0.39, 0.29) is 0 Å². The van der Waals surface area contributed by atoms with E-state index in [0.29, 0.717) is 0 Å². The second-order valence-electron chi connectivity index (χ2n) is 7.20. The van der Waals surface area contributed by atoms with Crippen LogP contribution in [0.4, 0.5) is 0 Å². The molecule has 0 heteroatoms. The van der Waals surface area contributed by atoms with E-state index >= 15 is 0 Å². The number of rotatable bonds is 11. The first-order chi connectivity index (χ1) is 8.97. The third kappa shape index (κ3) is 7.37. The molecule has 0 radical (unpaired) electrons. The van der Waals surface area contributed by atoms with E-state index in [4.69, 9.17) is 0 Å². The molecule has 0 aliphatic carbocycles. The minimum absolute atomic E-state index is 0.846. The number of hydrogen-bond donors (Lipinski definition) is 0. The van der Waals surface area contributed by atoms with Gasteiger partial charge in [0.05, 0.1) is 0 Å². The molecule has 0 aromatic rings. The molecule has 0 aromatic carbocycles. The van der Waals surface area contributed by atoms with Gasteiger partial charge in [0.2, 0.25) is 0 Å². The molecule has 116 valence electrons. The smallest absolute Gasteiger partial charge is 0.0365 e. The molecule has 0 bridgehead atoms. The van der Waals surface area contributed by atoms with Crippen LogP contribution in [0.1, 0.15) is 93.4 Å². The Morgan fingerprint density at radius 3 is 1.79 bits per heavy atom. The zero-order valence-corrected chi connectivity index (χ0v) is 14.8. The van der Waals surface area contributed by atoms with Gasteiger partial charge in [0.1, 0.15) is 0 Å². The predicted octanol–water partition coefficient (Wildman–Crippen LogP) is 6.94. The van der Waals surface area contributed by atoms with Crippen molar-refractivity contribution in [3.8, 4) is 0 Å². The lowest BCUT2D eigenvalue weighted by Crippen LogP contribution is -2.23. The van der Waals surface area contributed by atoms with Crippen LogP contribution in [0.25, 0.3) is 0 Å². The Morgan fingerprint density at radius 2 is 1.37 bits per heavy atom. The molecule has 0 aliphatic rings. The highest BCUT2D eigenvalue weighted by Crippen LogP contribution is 2.34. The Labute approximate surface area is 123 Å². The maximum atomic E-state index is 2.51. The van der Waals surface area contributed by atoms with Gasteiger partial charge in [-0.1, -0.05) is 87.0 Å². The average Bonchev–Trinajstić information content (AvgIpc) is 2.38. The molecule has 0 fully saturated rings. The van der Waals surface area contributed by atoms with E-state index in [1.165, 1.54) is 44.9 Å². The quantitative estimate of drug-likeness (QED) is 0.381. The summed E-state index contributed by atoms with van der Waals surface area (Å²) in [6.07, 6.45) is 9.77. The van der Waals surface area contributed by atoms with Gasteiger partial charge in [-0.2, -0.15) is 0 Å². The van der Waals surface area contributed by atoms with Crippen molar-refractivity contribution in [3.05, 3.63) is 0 Å². The van der Waals surface area contributed by atoms with Crippen molar-refractivity contribution in [1.29, 1.82) is 0 Å². The van der Waals surface area contributed by atoms with Gasteiger partial charge in [0, 0.05) is 0 Å². The standard InChI is InChI=1S/C19H40/c1-8-11-13-16(6)18(10-3)14-17(7)19(12-9-2)15(4)5/h15-19H,8-14H2,1-7H3. The summed E-state index contributed by atoms with van der Waals surface area (Å²) in [7, 11) is 0. The van der Waals surface area contributed by atoms with Crippen molar-refractivity contribution in [1.82, 2.24) is 0 Å². The van der Waals surface area contributed by atoms with E-state index in [0.717, 1.165) is 29.6 Å². The summed E-state index contributed by atoms with van der Waals surface area (Å²) in [5.74, 6) is 4.53. The first-order valence-electron chi connectivity index (χ1n) is 8.97. The molecule has 0 saturated heterocycles. The van der Waals surface area contributed by atoms with Crippen molar-refractivity contribution >= 4 is 0 Å². The van der Waals surface area contributed by atoms with Gasteiger partial charge in [0.15, 0.2) is 0 Å². The molecule has 4 unspecified atom stereocenters. The molecule has 0 aromatic heterocycles. The number of unbranched alkanes of at least 4 members (excludes halogenated alkanes) is 1. The molecule has 0 heterocycles. The van der Waals surface area contributed by atoms with E-state index in [1.807, 2.05) is 0 Å². The Bertz CT molecular complexity index is 194. The minimum atomic E-state index is 0.846. The highest BCUT2D eigenvalue weighted by molar-refractivity contribution is 4.75. The molecular weight excluding hydrogens is 228 g/mol. The lowest BCUT2D eigenvalue weighted by Gasteiger charge is -2.32. The monoisotopic (exact) mass is 268 g/mol. The Kier molecular flexibility index (Phi) is 10.7. The highest BCUT2D eigenvalue weighted by Gasteiger charge is 2.24. The maximum absolute atomic E-state index is 2.51. The second kappa shape index (κ2) is 10.7. The fourth-order valence-electron chi connectivity index (χ4n) is 3.82. The van der Waals surface area contributed by atoms with Gasteiger partial charge in [0.25, 0.3) is 0 Å². The normalized spacial score (nSPS) is 18.3. The van der Waals surface area contributed by atoms with Crippen LogP contribution in [0, 0.1) is 29.6 Å². The molecule has 4 atom stereocenters. The topological polar surface area (TPSA) is 0 Å². The summed E-state index contributed by atoms with van der Waals surface area (Å²) in [4.78, 5) is 0. The summed E-state index contributed by atoms with van der Waals surface area (Å²) in [5.41, 5.74) is 0. The Balaban J connectivity index is 4.40. The fraction of sp³-hybridized carbons (Fsp3) is 1.00. The summed E-state index contributed by atoms with van der Waals surface area (Å²) in [5, 5.41) is 0. The summed E-state index contributed by atoms with van der Waals surface area (Å²) >= 11 is 0. The first-order valence-corrected chi connectivity index (χ1v) is 8.97. The molecule has 0 N–H and O–H groups in total. The van der Waals surface area contributed by atoms with Crippen LogP contribution in [0.5, 0.6) is 0 Å². The predicted molar refractivity (Wildman–Crippen MR) is 89.5 cm³/mol. The van der Waals surface area contributed by atoms with Crippen molar-refractivity contribution in [2.45, 2.75) is 93.4 Å². The van der Waals surface area contributed by atoms with Crippen molar-refractivity contribution < 1.29 is 0 Å². The van der Waals surface area contributed by atoms with Crippen LogP contribution in [-0.2, 0) is 0 Å². The Morgan fingerprint density at radius 1 is 0.737 bits per heavy atom. The van der Waals surface area contributed by atoms with Gasteiger partial charge in [-0.3, -0.25) is 0 Å². The SMILES string of the molecule is CCCCC(C)C(CC)CC(C)C(CCC)C(C)C. The van der Waals surface area contributed by atoms with Gasteiger partial charge in [-0.05, 0) is 36.0 Å². The van der Waals surface area contributed by atoms with Crippen LogP contribution in [0.15, 0.2) is 0 Å². The summed E-state index contributed by atoms with van der Waals surface area (Å²) < 4.78 is 0. The largest absolute Gasteiger partial charge is 0.0654 e. The van der Waals surface area contributed by atoms with E-state index < -0.39 is 0 Å². The second-order valence-corrected chi connectivity index (χ2v) is 7.20. The van der Waals surface area contributed by atoms with Crippen LogP contribution >= 0.6 is 0 Å². The van der Waals surface area contributed by atoms with Crippen LogP contribution in [0.2, 0.25) is 0 Å². The average molecular weight is 269 g/mol. The van der Waals surface area contributed by atoms with Crippen LogP contribution in [-0.4, -0.2) is 0 Å². The van der Waals surface area contributed by atoms with Crippen molar-refractivity contribution in [3.63, 3.8) is 0 Å². The molecule has 0 spiro atoms. The molecular formula is C19H40. The van der Waals surface area contributed by atoms with Gasteiger partial charge < -0.3 is 0 Å². The van der Waals surface area contributed by atoms with E-state index in [9.17, 15) is 0 Å². The lowest BCUT2D eigenvalue weighted by molar-refractivity contribution is 0.181. The molecule has 19 heavy (non-hydrogen) atoms. The van der Waals surface area contributed by atoms with Gasteiger partial charge in [-0.15, -0.1) is 0 Å². The zero-order valence-electron chi connectivity index (χ0n) is 14.8. The molecule has 0 amide bonds. The van der Waals surface area contributed by atoms with E-state index in [1.54, 1.807) is 0 Å². The van der Waals surface area contributed by atoms with Crippen molar-refractivity contribution in [2.24, 2.45) is 29.6 Å². The zero-order chi connectivity index (χ0) is 14.8. The van der Waals surface area contributed by atoms with Crippen molar-refractivity contribution in [2.75, 3.05) is 0 Å². The Hall–Kier alpha value is 0. The number of hydrogen-bond acceptors (Lipinski definition) is 0. The minimum Gasteiger partial charge on any atom is -0.0654 e. The van der Waals surface area contributed by atoms with E-state index in [2.05, 4.69) is 48.5 Å². The molecule has 0 rings (SSSR count).